The van der Waals surface area contributed by atoms with Crippen molar-refractivity contribution in [2.75, 3.05) is 5.75 Å². The third kappa shape index (κ3) is 3.04. The largest absolute Gasteiger partial charge is 0.287 e. The first-order valence-corrected chi connectivity index (χ1v) is 8.30. The number of rotatable bonds is 5. The van der Waals surface area contributed by atoms with Crippen LogP contribution >= 0.6 is 11.8 Å². The molecule has 0 unspecified atom stereocenters. The van der Waals surface area contributed by atoms with Crippen molar-refractivity contribution in [1.82, 2.24) is 14.5 Å². The molecule has 0 N–H and O–H groups in total. The van der Waals surface area contributed by atoms with Gasteiger partial charge in [0, 0.05) is 12.7 Å². The number of thioether (sulfide) groups is 1. The molecule has 112 valence electrons. The number of pyridine rings is 1. The van der Waals surface area contributed by atoms with Crippen molar-refractivity contribution in [2.24, 2.45) is 0 Å². The van der Waals surface area contributed by atoms with E-state index in [9.17, 15) is 4.79 Å². The Bertz CT molecular complexity index is 830. The number of aryl methyl sites for hydroxylation is 1. The van der Waals surface area contributed by atoms with E-state index in [1.807, 2.05) is 18.2 Å². The second kappa shape index (κ2) is 6.75. The van der Waals surface area contributed by atoms with Gasteiger partial charge in [-0.1, -0.05) is 49.0 Å². The fourth-order valence-corrected chi connectivity index (χ4v) is 3.10. The molecule has 4 nitrogen and oxygen atoms in total. The molecule has 0 atom stereocenters. The van der Waals surface area contributed by atoms with Gasteiger partial charge in [-0.15, -0.1) is 0 Å². The summed E-state index contributed by atoms with van der Waals surface area (Å²) < 4.78 is 1.77. The molecule has 5 heteroatoms. The van der Waals surface area contributed by atoms with Gasteiger partial charge in [0.25, 0.3) is 5.56 Å². The van der Waals surface area contributed by atoms with E-state index in [1.165, 1.54) is 5.56 Å². The summed E-state index contributed by atoms with van der Waals surface area (Å²) in [5.41, 5.74) is 1.73. The summed E-state index contributed by atoms with van der Waals surface area (Å²) in [4.78, 5) is 21.5. The molecular formula is C17H17N3OS. The van der Waals surface area contributed by atoms with E-state index in [0.29, 0.717) is 17.6 Å². The second-order valence-corrected chi connectivity index (χ2v) is 6.13. The Morgan fingerprint density at radius 1 is 1.14 bits per heavy atom. The van der Waals surface area contributed by atoms with Crippen LogP contribution in [0.3, 0.4) is 0 Å². The lowest BCUT2D eigenvalue weighted by Gasteiger charge is -2.12. The molecule has 22 heavy (non-hydrogen) atoms. The molecule has 0 radical (unpaired) electrons. The quantitative estimate of drug-likeness (QED) is 0.536. The molecule has 0 bridgehead atoms. The molecule has 0 saturated carbocycles. The topological polar surface area (TPSA) is 47.8 Å². The third-order valence-corrected chi connectivity index (χ3v) is 4.29. The Labute approximate surface area is 133 Å². The van der Waals surface area contributed by atoms with Crippen molar-refractivity contribution in [3.8, 4) is 0 Å². The Kier molecular flexibility index (Phi) is 4.53. The number of hydrogen-bond donors (Lipinski definition) is 0. The molecule has 0 saturated heterocycles. The summed E-state index contributed by atoms with van der Waals surface area (Å²) in [6.45, 7) is 2.68. The molecule has 1 aromatic carbocycles. The van der Waals surface area contributed by atoms with Crippen LogP contribution in [-0.2, 0) is 13.0 Å². The van der Waals surface area contributed by atoms with Crippen LogP contribution in [0.15, 0.2) is 58.6 Å². The molecule has 3 aromatic rings. The molecule has 0 amide bonds. The van der Waals surface area contributed by atoms with Gasteiger partial charge in [-0.25, -0.2) is 9.97 Å². The number of benzene rings is 1. The lowest BCUT2D eigenvalue weighted by Crippen LogP contribution is -2.24. The number of hydrogen-bond acceptors (Lipinski definition) is 4. The maximum atomic E-state index is 12.7. The van der Waals surface area contributed by atoms with E-state index in [1.54, 1.807) is 34.7 Å². The van der Waals surface area contributed by atoms with Gasteiger partial charge in [-0.3, -0.25) is 9.36 Å². The zero-order chi connectivity index (χ0) is 15.4. The SMILES string of the molecule is CCSc1nc2ncccc2c(=O)n1CCc1ccccc1. The summed E-state index contributed by atoms with van der Waals surface area (Å²) in [5.74, 6) is 0.871. The smallest absolute Gasteiger partial charge is 0.263 e. The summed E-state index contributed by atoms with van der Waals surface area (Å²) in [6.07, 6.45) is 2.48. The van der Waals surface area contributed by atoms with Gasteiger partial charge in [0.2, 0.25) is 0 Å². The van der Waals surface area contributed by atoms with Gasteiger partial charge in [0.1, 0.15) is 0 Å². The van der Waals surface area contributed by atoms with Crippen LogP contribution in [0, 0.1) is 0 Å². The lowest BCUT2D eigenvalue weighted by molar-refractivity contribution is 0.594. The number of aromatic nitrogens is 3. The van der Waals surface area contributed by atoms with Crippen LogP contribution in [0.1, 0.15) is 12.5 Å². The zero-order valence-electron chi connectivity index (χ0n) is 12.4. The summed E-state index contributed by atoms with van der Waals surface area (Å²) in [6, 6.07) is 13.8. The summed E-state index contributed by atoms with van der Waals surface area (Å²) in [7, 11) is 0. The molecule has 0 spiro atoms. The van der Waals surface area contributed by atoms with Crippen LogP contribution in [0.2, 0.25) is 0 Å². The van der Waals surface area contributed by atoms with Gasteiger partial charge in [-0.05, 0) is 29.9 Å². The van der Waals surface area contributed by atoms with Crippen LogP contribution in [-0.4, -0.2) is 20.3 Å². The third-order valence-electron chi connectivity index (χ3n) is 3.44. The van der Waals surface area contributed by atoms with Gasteiger partial charge in [0.15, 0.2) is 10.8 Å². The molecular weight excluding hydrogens is 294 g/mol. The van der Waals surface area contributed by atoms with Crippen LogP contribution in [0.5, 0.6) is 0 Å². The Hall–Kier alpha value is -2.14. The molecule has 0 aliphatic rings. The van der Waals surface area contributed by atoms with Gasteiger partial charge in [-0.2, -0.15) is 0 Å². The van der Waals surface area contributed by atoms with E-state index in [2.05, 4.69) is 29.0 Å². The molecule has 3 rings (SSSR count). The van der Waals surface area contributed by atoms with Crippen molar-refractivity contribution in [3.05, 3.63) is 64.6 Å². The van der Waals surface area contributed by atoms with Crippen LogP contribution < -0.4 is 5.56 Å². The number of nitrogens with zero attached hydrogens (tertiary/aromatic N) is 3. The van der Waals surface area contributed by atoms with Gasteiger partial charge < -0.3 is 0 Å². The fraction of sp³-hybridized carbons (Fsp3) is 0.235. The summed E-state index contributed by atoms with van der Waals surface area (Å²) in [5, 5.41) is 1.32. The van der Waals surface area contributed by atoms with Crippen molar-refractivity contribution in [2.45, 2.75) is 25.0 Å². The first-order valence-electron chi connectivity index (χ1n) is 7.32. The molecule has 2 heterocycles. The van der Waals surface area contributed by atoms with Gasteiger partial charge >= 0.3 is 0 Å². The maximum Gasteiger partial charge on any atom is 0.263 e. The molecule has 2 aromatic heterocycles. The molecule has 0 aliphatic heterocycles. The minimum atomic E-state index is -0.00928. The van der Waals surface area contributed by atoms with Crippen LogP contribution in [0.25, 0.3) is 11.0 Å². The van der Waals surface area contributed by atoms with Crippen molar-refractivity contribution in [1.29, 1.82) is 0 Å². The Morgan fingerprint density at radius 3 is 2.73 bits per heavy atom. The Balaban J connectivity index is 2.00. The van der Waals surface area contributed by atoms with E-state index in [-0.39, 0.29) is 5.56 Å². The number of fused-ring (bicyclic) bond motifs is 1. The highest BCUT2D eigenvalue weighted by Crippen LogP contribution is 2.16. The van der Waals surface area contributed by atoms with Crippen LogP contribution in [0.4, 0.5) is 0 Å². The predicted octanol–water partition coefficient (Wildman–Crippen LogP) is 3.15. The summed E-state index contributed by atoms with van der Waals surface area (Å²) >= 11 is 1.58. The highest BCUT2D eigenvalue weighted by atomic mass is 32.2. The van der Waals surface area contributed by atoms with E-state index in [4.69, 9.17) is 0 Å². The average molecular weight is 311 g/mol. The standard InChI is InChI=1S/C17H17N3OS/c1-2-22-17-19-15-14(9-6-11-18-15)16(21)20(17)12-10-13-7-4-3-5-8-13/h3-9,11H,2,10,12H2,1H3. The zero-order valence-corrected chi connectivity index (χ0v) is 13.2. The Morgan fingerprint density at radius 2 is 1.95 bits per heavy atom. The van der Waals surface area contributed by atoms with E-state index >= 15 is 0 Å². The monoisotopic (exact) mass is 311 g/mol. The second-order valence-electron chi connectivity index (χ2n) is 4.89. The maximum absolute atomic E-state index is 12.7. The van der Waals surface area contributed by atoms with Gasteiger partial charge in [0.05, 0.1) is 5.39 Å². The van der Waals surface area contributed by atoms with E-state index < -0.39 is 0 Å². The first kappa shape index (κ1) is 14.8. The minimum Gasteiger partial charge on any atom is -0.287 e. The molecule has 0 fully saturated rings. The average Bonchev–Trinajstić information content (AvgIpc) is 2.56. The minimum absolute atomic E-state index is 0.00928. The van der Waals surface area contributed by atoms with Crippen molar-refractivity contribution < 1.29 is 0 Å². The normalized spacial score (nSPS) is 11.0. The first-order chi connectivity index (χ1) is 10.8. The molecule has 0 aliphatic carbocycles. The highest BCUT2D eigenvalue weighted by Gasteiger charge is 2.11. The fourth-order valence-electron chi connectivity index (χ4n) is 2.36. The highest BCUT2D eigenvalue weighted by molar-refractivity contribution is 7.99. The van der Waals surface area contributed by atoms with Crippen molar-refractivity contribution >= 4 is 22.8 Å². The van der Waals surface area contributed by atoms with Crippen molar-refractivity contribution in [3.63, 3.8) is 0 Å². The lowest BCUT2D eigenvalue weighted by atomic mass is 10.1. The van der Waals surface area contributed by atoms with E-state index in [0.717, 1.165) is 17.3 Å². The predicted molar refractivity (Wildman–Crippen MR) is 90.3 cm³/mol.